The van der Waals surface area contributed by atoms with Crippen molar-refractivity contribution in [2.24, 2.45) is 0 Å². The van der Waals surface area contributed by atoms with Crippen molar-refractivity contribution in [3.63, 3.8) is 0 Å². The van der Waals surface area contributed by atoms with Gasteiger partial charge in [-0.3, -0.25) is 0 Å². The van der Waals surface area contributed by atoms with E-state index in [9.17, 15) is 4.79 Å². The van der Waals surface area contributed by atoms with Gasteiger partial charge < -0.3 is 9.84 Å². The molecule has 98 valence electrons. The highest BCUT2D eigenvalue weighted by atomic mass is 16.5. The van der Waals surface area contributed by atoms with Crippen LogP contribution >= 0.6 is 0 Å². The summed E-state index contributed by atoms with van der Waals surface area (Å²) in [4.78, 5) is 10.1. The van der Waals surface area contributed by atoms with Crippen LogP contribution in [0.3, 0.4) is 0 Å². The molecule has 0 bridgehead atoms. The third-order valence-electron chi connectivity index (χ3n) is 1.61. The molecule has 0 aromatic heterocycles. The van der Waals surface area contributed by atoms with Gasteiger partial charge in [0.2, 0.25) is 0 Å². The quantitative estimate of drug-likeness (QED) is 0.873. The van der Waals surface area contributed by atoms with Gasteiger partial charge in [0.25, 0.3) is 0 Å². The topological polar surface area (TPSA) is 46.5 Å². The van der Waals surface area contributed by atoms with E-state index in [0.717, 1.165) is 5.56 Å². The van der Waals surface area contributed by atoms with Crippen molar-refractivity contribution in [2.75, 3.05) is 6.61 Å². The van der Waals surface area contributed by atoms with E-state index in [4.69, 9.17) is 9.84 Å². The smallest absolute Gasteiger partial charge is 0.329 e. The van der Waals surface area contributed by atoms with Crippen LogP contribution < -0.4 is 0 Å². The number of ether oxygens (including phenoxy) is 1. The first kappa shape index (κ1) is 18.0. The molecule has 0 aliphatic heterocycles. The van der Waals surface area contributed by atoms with Gasteiger partial charge in [0.15, 0.2) is 0 Å². The second-order valence-electron chi connectivity index (χ2n) is 2.87. The fourth-order valence-corrected chi connectivity index (χ4v) is 0.940. The monoisotopic (exact) mass is 240 g/mol. The van der Waals surface area contributed by atoms with Crippen LogP contribution in [0.1, 0.15) is 38.8 Å². The lowest BCUT2D eigenvalue weighted by Gasteiger charge is -2.01. The fraction of sp³-hybridized carbons (Fsp3) is 0.500. The predicted molar refractivity (Wildman–Crippen MR) is 71.2 cm³/mol. The zero-order valence-corrected chi connectivity index (χ0v) is 11.5. The summed E-state index contributed by atoms with van der Waals surface area (Å²) in [5.74, 6) is -0.938. The molecule has 0 aliphatic carbocycles. The Balaban J connectivity index is 0. The first-order valence-electron chi connectivity index (χ1n) is 6.03. The Kier molecular flexibility index (Phi) is 13.5. The summed E-state index contributed by atoms with van der Waals surface area (Å²) < 4.78 is 4.92. The van der Waals surface area contributed by atoms with Gasteiger partial charge in [0, 0.05) is 0 Å². The summed E-state index contributed by atoms with van der Waals surface area (Å²) in [5, 5.41) is 8.31. The van der Waals surface area contributed by atoms with Crippen molar-refractivity contribution in [1.29, 1.82) is 0 Å². The first-order chi connectivity index (χ1) is 8.18. The van der Waals surface area contributed by atoms with E-state index < -0.39 is 5.97 Å². The predicted octanol–water partition coefficient (Wildman–Crippen LogP) is 3.65. The molecule has 1 aromatic carbocycles. The number of carbonyl (C=O) groups is 1. The maximum Gasteiger partial charge on any atom is 0.329 e. The van der Waals surface area contributed by atoms with E-state index in [1.165, 1.54) is 5.56 Å². The second kappa shape index (κ2) is 12.7. The summed E-state index contributed by atoms with van der Waals surface area (Å²) in [5.41, 5.74) is 2.17. The van der Waals surface area contributed by atoms with Gasteiger partial charge in [-0.25, -0.2) is 4.79 Å². The van der Waals surface area contributed by atoms with Gasteiger partial charge in [-0.2, -0.15) is 0 Å². The van der Waals surface area contributed by atoms with Gasteiger partial charge in [-0.1, -0.05) is 57.5 Å². The van der Waals surface area contributed by atoms with Gasteiger partial charge in [-0.05, 0) is 12.5 Å². The average Bonchev–Trinajstić information content (AvgIpc) is 2.36. The largest absolute Gasteiger partial charge is 0.480 e. The lowest BCUT2D eigenvalue weighted by Crippen LogP contribution is -2.06. The lowest BCUT2D eigenvalue weighted by atomic mass is 10.2. The van der Waals surface area contributed by atoms with Gasteiger partial charge >= 0.3 is 5.97 Å². The minimum absolute atomic E-state index is 0.242. The summed E-state index contributed by atoms with van der Waals surface area (Å²) in [6, 6.07) is 7.80. The van der Waals surface area contributed by atoms with Crippen LogP contribution in [0.5, 0.6) is 0 Å². The molecule has 1 aromatic rings. The van der Waals surface area contributed by atoms with E-state index >= 15 is 0 Å². The maximum atomic E-state index is 10.1. The van der Waals surface area contributed by atoms with Crippen molar-refractivity contribution in [1.82, 2.24) is 0 Å². The Labute approximate surface area is 104 Å². The van der Waals surface area contributed by atoms with Crippen molar-refractivity contribution in [3.8, 4) is 0 Å². The summed E-state index contributed by atoms with van der Waals surface area (Å²) in [6.07, 6.45) is 0. The normalized spacial score (nSPS) is 8.29. The Morgan fingerprint density at radius 2 is 1.59 bits per heavy atom. The van der Waals surface area contributed by atoms with Crippen molar-refractivity contribution >= 4 is 5.97 Å². The fourth-order valence-electron chi connectivity index (χ4n) is 0.940. The SMILES string of the molecule is CC.CC.Cc1ccc(COCC(=O)O)cc1. The molecule has 0 aliphatic rings. The number of aryl methyl sites for hydroxylation is 1. The molecular weight excluding hydrogens is 216 g/mol. The minimum atomic E-state index is -0.938. The van der Waals surface area contributed by atoms with Gasteiger partial charge in [0.05, 0.1) is 6.61 Å². The number of carboxylic acids is 1. The van der Waals surface area contributed by atoms with Crippen LogP contribution in [-0.2, 0) is 16.1 Å². The molecule has 0 saturated carbocycles. The van der Waals surface area contributed by atoms with E-state index in [1.54, 1.807) is 0 Å². The van der Waals surface area contributed by atoms with E-state index in [1.807, 2.05) is 58.9 Å². The zero-order chi connectivity index (χ0) is 13.7. The molecule has 1 rings (SSSR count). The highest BCUT2D eigenvalue weighted by Gasteiger charge is 1.96. The molecule has 0 unspecified atom stereocenters. The van der Waals surface area contributed by atoms with Gasteiger partial charge in [-0.15, -0.1) is 0 Å². The molecule has 0 fully saturated rings. The van der Waals surface area contributed by atoms with Crippen LogP contribution in [0, 0.1) is 6.92 Å². The molecular formula is C14H24O3. The first-order valence-corrected chi connectivity index (χ1v) is 6.03. The Hall–Kier alpha value is -1.35. The number of benzene rings is 1. The number of aliphatic carboxylic acids is 1. The Morgan fingerprint density at radius 1 is 1.12 bits per heavy atom. The third kappa shape index (κ3) is 10.9. The number of hydrogen-bond donors (Lipinski definition) is 1. The lowest BCUT2D eigenvalue weighted by molar-refractivity contribution is -0.142. The van der Waals surface area contributed by atoms with E-state index in [0.29, 0.717) is 6.61 Å². The van der Waals surface area contributed by atoms with Crippen molar-refractivity contribution in [3.05, 3.63) is 35.4 Å². The molecule has 0 atom stereocenters. The molecule has 0 spiro atoms. The Morgan fingerprint density at radius 3 is 2.00 bits per heavy atom. The Bertz CT molecular complexity index is 278. The van der Waals surface area contributed by atoms with Crippen LogP contribution in [0.4, 0.5) is 0 Å². The number of carboxylic acid groups (broad SMARTS) is 1. The molecule has 0 saturated heterocycles. The van der Waals surface area contributed by atoms with Crippen molar-refractivity contribution in [2.45, 2.75) is 41.2 Å². The molecule has 1 N–H and O–H groups in total. The summed E-state index contributed by atoms with van der Waals surface area (Å²) >= 11 is 0. The van der Waals surface area contributed by atoms with Crippen LogP contribution in [0.2, 0.25) is 0 Å². The maximum absolute atomic E-state index is 10.1. The van der Waals surface area contributed by atoms with Gasteiger partial charge in [0.1, 0.15) is 6.61 Å². The molecule has 0 radical (unpaired) electrons. The van der Waals surface area contributed by atoms with Crippen LogP contribution in [0.25, 0.3) is 0 Å². The van der Waals surface area contributed by atoms with Crippen LogP contribution in [0.15, 0.2) is 24.3 Å². The van der Waals surface area contributed by atoms with Crippen LogP contribution in [-0.4, -0.2) is 17.7 Å². The second-order valence-corrected chi connectivity index (χ2v) is 2.87. The average molecular weight is 240 g/mol. The zero-order valence-electron chi connectivity index (χ0n) is 11.5. The highest BCUT2D eigenvalue weighted by molar-refractivity contribution is 5.67. The summed E-state index contributed by atoms with van der Waals surface area (Å²) in [6.45, 7) is 10.1. The molecule has 3 nitrogen and oxygen atoms in total. The number of rotatable bonds is 4. The molecule has 0 heterocycles. The summed E-state index contributed by atoms with van der Waals surface area (Å²) in [7, 11) is 0. The highest BCUT2D eigenvalue weighted by Crippen LogP contribution is 2.03. The standard InChI is InChI=1S/C10H12O3.2C2H6/c1-8-2-4-9(5-3-8)6-13-7-10(11)12;2*1-2/h2-5H,6-7H2,1H3,(H,11,12);2*1-2H3. The number of hydrogen-bond acceptors (Lipinski definition) is 2. The molecule has 3 heteroatoms. The van der Waals surface area contributed by atoms with E-state index in [2.05, 4.69) is 0 Å². The van der Waals surface area contributed by atoms with Crippen molar-refractivity contribution < 1.29 is 14.6 Å². The molecule has 0 amide bonds. The third-order valence-corrected chi connectivity index (χ3v) is 1.61. The van der Waals surface area contributed by atoms with E-state index in [-0.39, 0.29) is 6.61 Å². The molecule has 17 heavy (non-hydrogen) atoms. The minimum Gasteiger partial charge on any atom is -0.480 e.